The fraction of sp³-hybridized carbons (Fsp3) is 0.350. The minimum atomic E-state index is -3.76. The van der Waals surface area contributed by atoms with Crippen molar-refractivity contribution >= 4 is 21.6 Å². The van der Waals surface area contributed by atoms with Crippen molar-refractivity contribution in [2.24, 2.45) is 0 Å². The third kappa shape index (κ3) is 3.45. The van der Waals surface area contributed by atoms with Crippen LogP contribution in [0, 0.1) is 0 Å². The number of carbonyl (C=O) groups is 1. The highest BCUT2D eigenvalue weighted by molar-refractivity contribution is 7.89. The highest BCUT2D eigenvalue weighted by Gasteiger charge is 2.33. The van der Waals surface area contributed by atoms with E-state index in [2.05, 4.69) is 5.32 Å². The molecule has 2 aliphatic rings. The van der Waals surface area contributed by atoms with Gasteiger partial charge in [0.2, 0.25) is 16.8 Å². The van der Waals surface area contributed by atoms with Gasteiger partial charge in [-0.2, -0.15) is 4.31 Å². The van der Waals surface area contributed by atoms with E-state index in [0.717, 1.165) is 19.3 Å². The normalized spacial score (nSPS) is 19.4. The van der Waals surface area contributed by atoms with Crippen molar-refractivity contribution in [3.63, 3.8) is 0 Å². The van der Waals surface area contributed by atoms with E-state index in [-0.39, 0.29) is 23.3 Å². The summed E-state index contributed by atoms with van der Waals surface area (Å²) in [5, 5.41) is 2.76. The summed E-state index contributed by atoms with van der Waals surface area (Å²) >= 11 is 0. The van der Waals surface area contributed by atoms with E-state index < -0.39 is 15.9 Å². The molecule has 0 aromatic heterocycles. The van der Waals surface area contributed by atoms with Crippen LogP contribution in [0.1, 0.15) is 36.5 Å². The van der Waals surface area contributed by atoms with Crippen molar-refractivity contribution in [3.05, 3.63) is 48.0 Å². The van der Waals surface area contributed by atoms with Gasteiger partial charge in [-0.05, 0) is 44.0 Å². The van der Waals surface area contributed by atoms with E-state index in [9.17, 15) is 13.2 Å². The fourth-order valence-electron chi connectivity index (χ4n) is 3.61. The lowest BCUT2D eigenvalue weighted by Crippen LogP contribution is -2.42. The van der Waals surface area contributed by atoms with Gasteiger partial charge in [-0.3, -0.25) is 4.79 Å². The molecule has 1 unspecified atom stereocenters. The molecule has 1 saturated heterocycles. The lowest BCUT2D eigenvalue weighted by atomic mass is 10.1. The molecule has 8 heteroatoms. The van der Waals surface area contributed by atoms with Crippen LogP contribution in [0.3, 0.4) is 0 Å². The summed E-state index contributed by atoms with van der Waals surface area (Å²) in [6.07, 6.45) is 2.67. The SMILES string of the molecule is CC1CCCCN1S(=O)(=O)c1ccccc1C(=O)Nc1ccc2c(c1)OCO2. The molecule has 1 amide bonds. The molecule has 7 nitrogen and oxygen atoms in total. The number of ether oxygens (including phenoxy) is 2. The Hall–Kier alpha value is -2.58. The molecule has 1 fully saturated rings. The average molecular weight is 402 g/mol. The number of hydrogen-bond donors (Lipinski definition) is 1. The summed E-state index contributed by atoms with van der Waals surface area (Å²) in [6.45, 7) is 2.52. The molecule has 0 aliphatic carbocycles. The standard InChI is InChI=1S/C20H22N2O5S/c1-14-6-4-5-11-22(14)28(24,25)19-8-3-2-7-16(19)20(23)21-15-9-10-17-18(12-15)27-13-26-17/h2-3,7-10,12,14H,4-6,11,13H2,1H3,(H,21,23). The summed E-state index contributed by atoms with van der Waals surface area (Å²) in [6, 6.07) is 11.3. The molecule has 0 saturated carbocycles. The van der Waals surface area contributed by atoms with Gasteiger partial charge in [-0.1, -0.05) is 18.6 Å². The Morgan fingerprint density at radius 3 is 2.71 bits per heavy atom. The van der Waals surface area contributed by atoms with Crippen molar-refractivity contribution in [2.45, 2.75) is 37.1 Å². The first kappa shape index (κ1) is 18.8. The molecule has 1 N–H and O–H groups in total. The summed E-state index contributed by atoms with van der Waals surface area (Å²) in [5.41, 5.74) is 0.630. The van der Waals surface area contributed by atoms with Gasteiger partial charge < -0.3 is 14.8 Å². The Kier molecular flexibility index (Phi) is 4.99. The first-order valence-corrected chi connectivity index (χ1v) is 10.7. The van der Waals surface area contributed by atoms with Crippen LogP contribution in [0.15, 0.2) is 47.4 Å². The quantitative estimate of drug-likeness (QED) is 0.849. The van der Waals surface area contributed by atoms with Crippen LogP contribution >= 0.6 is 0 Å². The van der Waals surface area contributed by atoms with Gasteiger partial charge in [0.05, 0.1) is 10.5 Å². The molecule has 148 valence electrons. The Morgan fingerprint density at radius 1 is 1.11 bits per heavy atom. The number of carbonyl (C=O) groups excluding carboxylic acids is 1. The summed E-state index contributed by atoms with van der Waals surface area (Å²) in [4.78, 5) is 12.9. The predicted molar refractivity (Wildman–Crippen MR) is 104 cm³/mol. The van der Waals surface area contributed by atoms with Gasteiger partial charge in [0.25, 0.3) is 5.91 Å². The topological polar surface area (TPSA) is 84.9 Å². The number of hydrogen-bond acceptors (Lipinski definition) is 5. The zero-order chi connectivity index (χ0) is 19.7. The maximum absolute atomic E-state index is 13.2. The van der Waals surface area contributed by atoms with Crippen molar-refractivity contribution in [3.8, 4) is 11.5 Å². The average Bonchev–Trinajstić information content (AvgIpc) is 3.16. The van der Waals surface area contributed by atoms with Crippen molar-refractivity contribution in [1.82, 2.24) is 4.31 Å². The Morgan fingerprint density at radius 2 is 1.89 bits per heavy atom. The largest absolute Gasteiger partial charge is 0.454 e. The van der Waals surface area contributed by atoms with Crippen LogP contribution < -0.4 is 14.8 Å². The van der Waals surface area contributed by atoms with Gasteiger partial charge in [-0.15, -0.1) is 0 Å². The number of sulfonamides is 1. The first-order chi connectivity index (χ1) is 13.5. The number of anilines is 1. The Labute approximate surface area is 164 Å². The maximum Gasteiger partial charge on any atom is 0.257 e. The number of nitrogens with zero attached hydrogens (tertiary/aromatic N) is 1. The van der Waals surface area contributed by atoms with Gasteiger partial charge >= 0.3 is 0 Å². The van der Waals surface area contributed by atoms with E-state index in [4.69, 9.17) is 9.47 Å². The number of rotatable bonds is 4. The van der Waals surface area contributed by atoms with E-state index in [1.54, 1.807) is 30.3 Å². The Balaban J connectivity index is 1.63. The van der Waals surface area contributed by atoms with E-state index in [0.29, 0.717) is 23.7 Å². The van der Waals surface area contributed by atoms with Gasteiger partial charge in [0.15, 0.2) is 11.5 Å². The van der Waals surface area contributed by atoms with Crippen molar-refractivity contribution in [1.29, 1.82) is 0 Å². The molecular weight excluding hydrogens is 380 g/mol. The molecule has 2 aromatic rings. The van der Waals surface area contributed by atoms with Crippen molar-refractivity contribution in [2.75, 3.05) is 18.7 Å². The van der Waals surface area contributed by atoms with Crippen LogP contribution in [0.4, 0.5) is 5.69 Å². The molecule has 4 rings (SSSR count). The molecule has 0 spiro atoms. The van der Waals surface area contributed by atoms with Gasteiger partial charge in [0.1, 0.15) is 0 Å². The Bertz CT molecular complexity index is 1010. The van der Waals surface area contributed by atoms with E-state index in [1.165, 1.54) is 16.4 Å². The predicted octanol–water partition coefficient (Wildman–Crippen LogP) is 3.23. The van der Waals surface area contributed by atoms with Crippen LogP contribution in [-0.4, -0.2) is 38.0 Å². The maximum atomic E-state index is 13.2. The molecule has 2 aromatic carbocycles. The molecule has 2 heterocycles. The third-order valence-corrected chi connectivity index (χ3v) is 7.16. The lowest BCUT2D eigenvalue weighted by molar-refractivity contribution is 0.102. The minimum absolute atomic E-state index is 0.0296. The smallest absolute Gasteiger partial charge is 0.257 e. The number of nitrogens with one attached hydrogen (secondary N) is 1. The minimum Gasteiger partial charge on any atom is -0.454 e. The molecule has 1 atom stereocenters. The second-order valence-corrected chi connectivity index (χ2v) is 8.84. The highest BCUT2D eigenvalue weighted by Crippen LogP contribution is 2.34. The number of fused-ring (bicyclic) bond motifs is 1. The number of amides is 1. The zero-order valence-corrected chi connectivity index (χ0v) is 16.4. The van der Waals surface area contributed by atoms with Crippen LogP contribution in [0.25, 0.3) is 0 Å². The lowest BCUT2D eigenvalue weighted by Gasteiger charge is -2.32. The highest BCUT2D eigenvalue weighted by atomic mass is 32.2. The molecule has 28 heavy (non-hydrogen) atoms. The second kappa shape index (κ2) is 7.44. The molecular formula is C20H22N2O5S. The summed E-state index contributed by atoms with van der Waals surface area (Å²) < 4.78 is 38.6. The first-order valence-electron chi connectivity index (χ1n) is 9.29. The monoisotopic (exact) mass is 402 g/mol. The fourth-order valence-corrected chi connectivity index (χ4v) is 5.50. The third-order valence-electron chi connectivity index (χ3n) is 5.09. The number of benzene rings is 2. The summed E-state index contributed by atoms with van der Waals surface area (Å²) in [5.74, 6) is 0.670. The summed E-state index contributed by atoms with van der Waals surface area (Å²) in [7, 11) is -3.76. The van der Waals surface area contributed by atoms with Gasteiger partial charge in [-0.25, -0.2) is 8.42 Å². The molecule has 0 radical (unpaired) electrons. The van der Waals surface area contributed by atoms with Crippen LogP contribution in [0.5, 0.6) is 11.5 Å². The van der Waals surface area contributed by atoms with Crippen LogP contribution in [-0.2, 0) is 10.0 Å². The zero-order valence-electron chi connectivity index (χ0n) is 15.6. The van der Waals surface area contributed by atoms with E-state index in [1.807, 2.05) is 6.92 Å². The van der Waals surface area contributed by atoms with E-state index >= 15 is 0 Å². The van der Waals surface area contributed by atoms with Crippen molar-refractivity contribution < 1.29 is 22.7 Å². The second-order valence-electron chi connectivity index (χ2n) is 6.98. The van der Waals surface area contributed by atoms with Crippen LogP contribution in [0.2, 0.25) is 0 Å². The molecule has 0 bridgehead atoms. The molecule has 2 aliphatic heterocycles. The number of piperidine rings is 1. The van der Waals surface area contributed by atoms with Gasteiger partial charge in [0, 0.05) is 24.3 Å².